The molecular weight excluding hydrogens is 1180 g/mol. The van der Waals surface area contributed by atoms with Crippen LogP contribution >= 0.6 is 34.0 Å². The minimum atomic E-state index is 0.317. The van der Waals surface area contributed by atoms with Gasteiger partial charge in [-0.25, -0.2) is 29.0 Å². The molecule has 13 rings (SSSR count). The molecule has 0 radical (unpaired) electrons. The summed E-state index contributed by atoms with van der Waals surface area (Å²) >= 11 is 4.45. The Morgan fingerprint density at radius 3 is 0.933 bits per heavy atom. The number of nitrogens with one attached hydrogen (secondary N) is 3. The van der Waals surface area contributed by atoms with Gasteiger partial charge < -0.3 is 14.2 Å². The van der Waals surface area contributed by atoms with Crippen molar-refractivity contribution in [3.63, 3.8) is 0 Å². The fourth-order valence-electron chi connectivity index (χ4n) is 9.84. The zero-order valence-corrected chi connectivity index (χ0v) is 51.4. The van der Waals surface area contributed by atoms with Gasteiger partial charge in [0, 0.05) is 32.8 Å². The molecule has 0 bridgehead atoms. The highest BCUT2D eigenvalue weighted by Crippen LogP contribution is 2.32. The predicted molar refractivity (Wildman–Crippen MR) is 361 cm³/mol. The van der Waals surface area contributed by atoms with Crippen molar-refractivity contribution in [1.82, 2.24) is 44.3 Å². The average Bonchev–Trinajstić information content (AvgIpc) is 2.64. The average molecular weight is 1240 g/mol. The molecule has 7 aromatic carbocycles. The summed E-state index contributed by atoms with van der Waals surface area (Å²) in [6, 6.07) is 59.8. The Morgan fingerprint density at radius 2 is 0.656 bits per heavy atom. The van der Waals surface area contributed by atoms with Gasteiger partial charge in [-0.3, -0.25) is 16.3 Å². The number of para-hydroxylation sites is 3. The molecule has 18 nitrogen and oxygen atoms in total. The number of hydrogen-bond donors (Lipinski definition) is 3. The third kappa shape index (κ3) is 14.0. The van der Waals surface area contributed by atoms with Crippen molar-refractivity contribution in [2.45, 2.75) is 40.6 Å². The highest BCUT2D eigenvalue weighted by Gasteiger charge is 2.17. The quantitative estimate of drug-likeness (QED) is 0.0383. The number of benzene rings is 7. The molecule has 0 saturated heterocycles. The van der Waals surface area contributed by atoms with E-state index in [9.17, 15) is 0 Å². The minimum absolute atomic E-state index is 0.317. The Labute approximate surface area is 530 Å². The Bertz CT molecular complexity index is 4130. The maximum absolute atomic E-state index is 6.37. The monoisotopic (exact) mass is 1240 g/mol. The molecule has 0 aliphatic carbocycles. The number of hydrogen-bond acceptors (Lipinski definition) is 18. The molecule has 3 N–H and O–H groups in total. The van der Waals surface area contributed by atoms with Gasteiger partial charge in [0.1, 0.15) is 37.1 Å². The van der Waals surface area contributed by atoms with E-state index in [1.54, 1.807) is 18.6 Å². The van der Waals surface area contributed by atoms with E-state index in [1.807, 2.05) is 233 Å². The van der Waals surface area contributed by atoms with Crippen LogP contribution in [0.25, 0.3) is 50.8 Å². The third-order valence-corrected chi connectivity index (χ3v) is 16.7. The zero-order valence-electron chi connectivity index (χ0n) is 49.0. The predicted octanol–water partition coefficient (Wildman–Crippen LogP) is 15.6. The maximum Gasteiger partial charge on any atom is 0.203 e. The second kappa shape index (κ2) is 27.3. The van der Waals surface area contributed by atoms with Crippen molar-refractivity contribution in [3.05, 3.63) is 267 Å². The zero-order chi connectivity index (χ0) is 61.0. The van der Waals surface area contributed by atoms with Crippen LogP contribution in [0.15, 0.2) is 232 Å². The molecule has 21 heteroatoms. The Morgan fingerprint density at radius 1 is 0.378 bits per heavy atom. The van der Waals surface area contributed by atoms with Crippen LogP contribution in [0.5, 0.6) is 17.2 Å². The van der Waals surface area contributed by atoms with Crippen LogP contribution in [0.2, 0.25) is 0 Å². The van der Waals surface area contributed by atoms with Crippen LogP contribution in [-0.2, 0) is 19.8 Å². The van der Waals surface area contributed by atoms with Crippen LogP contribution < -0.4 is 30.5 Å². The first-order chi connectivity index (χ1) is 44.3. The fourth-order valence-corrected chi connectivity index (χ4v) is 11.8. The first kappa shape index (κ1) is 57.9. The van der Waals surface area contributed by atoms with Crippen LogP contribution in [0.3, 0.4) is 0 Å². The highest BCUT2D eigenvalue weighted by molar-refractivity contribution is 7.14. The largest absolute Gasteiger partial charge is 0.489 e. The first-order valence-corrected chi connectivity index (χ1v) is 31.3. The molecule has 0 fully saturated rings. The van der Waals surface area contributed by atoms with Gasteiger partial charge >= 0.3 is 0 Å². The third-order valence-electron chi connectivity index (χ3n) is 14.5. The van der Waals surface area contributed by atoms with Crippen molar-refractivity contribution in [2.24, 2.45) is 15.3 Å². The molecule has 6 aromatic heterocycles. The van der Waals surface area contributed by atoms with Gasteiger partial charge in [-0.1, -0.05) is 54.6 Å². The minimum Gasteiger partial charge on any atom is -0.489 e. The Kier molecular flexibility index (Phi) is 17.6. The van der Waals surface area contributed by atoms with Gasteiger partial charge in [0.2, 0.25) is 15.4 Å². The van der Waals surface area contributed by atoms with Crippen LogP contribution in [-0.4, -0.2) is 62.9 Å². The van der Waals surface area contributed by atoms with Crippen molar-refractivity contribution < 1.29 is 14.2 Å². The van der Waals surface area contributed by atoms with Crippen LogP contribution in [0.4, 0.5) is 15.4 Å². The van der Waals surface area contributed by atoms with E-state index in [4.69, 9.17) is 29.2 Å². The number of ether oxygens (including phenoxy) is 3. The van der Waals surface area contributed by atoms with E-state index in [1.165, 1.54) is 34.0 Å². The van der Waals surface area contributed by atoms with Gasteiger partial charge in [0.15, 0.2) is 0 Å². The van der Waals surface area contributed by atoms with Gasteiger partial charge in [0.25, 0.3) is 0 Å². The molecule has 444 valence electrons. The molecule has 0 unspecified atom stereocenters. The number of nitrogens with zero attached hydrogens (tertiary/aromatic N) is 12. The number of rotatable bonds is 24. The van der Waals surface area contributed by atoms with E-state index < -0.39 is 0 Å². The summed E-state index contributed by atoms with van der Waals surface area (Å²) < 4.78 is 24.9. The lowest BCUT2D eigenvalue weighted by molar-refractivity contribution is 0.293. The number of anilines is 3. The van der Waals surface area contributed by atoms with Crippen LogP contribution in [0.1, 0.15) is 50.5 Å². The standard InChI is InChI=1S/C69H57N15O3S3/c1-46-61(37-73-82(46)55-13-7-4-8-14-55)64-43-88-67(76-64)79-70-34-49-19-25-58(26-20-49)85-40-52-31-53(41-86-59-27-21-50(22-28-59)35-71-80-68-77-65(44-89-68)62-38-74-83(47(62)2)56-15-9-5-10-16-56)33-54(32-52)42-87-60-29-23-51(24-30-60)36-72-81-69-78-66(45-90-69)63-39-75-84(48(63)3)57-17-11-6-12-18-57/h4-39,43-45H,40-42H2,1-3H3,(H,76,79)(H,77,80)(H,78,81)/b70-34+,71-35+,72-36+. The summed E-state index contributed by atoms with van der Waals surface area (Å²) in [6.45, 7) is 7.08. The van der Waals surface area contributed by atoms with Crippen molar-refractivity contribution in [2.75, 3.05) is 16.3 Å². The summed E-state index contributed by atoms with van der Waals surface area (Å²) in [6.07, 6.45) is 10.8. The highest BCUT2D eigenvalue weighted by atomic mass is 32.1. The summed E-state index contributed by atoms with van der Waals surface area (Å²) in [7, 11) is 0. The molecule has 90 heavy (non-hydrogen) atoms. The van der Waals surface area contributed by atoms with E-state index in [-0.39, 0.29) is 0 Å². The number of hydrazone groups is 3. The lowest BCUT2D eigenvalue weighted by Crippen LogP contribution is -2.04. The first-order valence-electron chi connectivity index (χ1n) is 28.6. The van der Waals surface area contributed by atoms with E-state index in [0.29, 0.717) is 52.5 Å². The Hall–Kier alpha value is -11.1. The molecule has 6 heterocycles. The molecule has 0 spiro atoms. The summed E-state index contributed by atoms with van der Waals surface area (Å²) in [5, 5.41) is 35.3. The lowest BCUT2D eigenvalue weighted by Gasteiger charge is -2.13. The molecular formula is C69H57N15O3S3. The lowest BCUT2D eigenvalue weighted by atomic mass is 10.1. The van der Waals surface area contributed by atoms with Crippen molar-refractivity contribution in [1.29, 1.82) is 0 Å². The summed E-state index contributed by atoms with van der Waals surface area (Å²) in [5.74, 6) is 2.14. The topological polar surface area (TPSA) is 193 Å². The SMILES string of the molecule is Cc1c(-c2csc(N/N=C/c3ccc(OCc4cc(COc5ccc(/C=N/Nc6nc(-c7cnn(-c8ccccc8)c7C)cs6)cc5)cc(COc5ccc(/C=N/Nc6nc(-c7cnn(-c8ccccc8)c7C)cs6)cc5)c4)cc3)n2)cnn1-c1ccccc1. The second-order valence-electron chi connectivity index (χ2n) is 20.6. The van der Waals surface area contributed by atoms with Gasteiger partial charge in [-0.2, -0.15) is 30.6 Å². The maximum atomic E-state index is 6.37. The Balaban J connectivity index is 0.631. The molecule has 0 amide bonds. The number of thiazole rings is 3. The molecule has 0 saturated carbocycles. The second-order valence-corrected chi connectivity index (χ2v) is 23.2. The van der Waals surface area contributed by atoms with E-state index in [0.717, 1.165) is 101 Å². The molecule has 0 atom stereocenters. The molecule has 0 aliphatic heterocycles. The van der Waals surface area contributed by atoms with Crippen LogP contribution in [0, 0.1) is 20.8 Å². The van der Waals surface area contributed by atoms with Gasteiger partial charge in [-0.05, 0) is 182 Å². The summed E-state index contributed by atoms with van der Waals surface area (Å²) in [5.41, 5.74) is 26.3. The van der Waals surface area contributed by atoms with E-state index >= 15 is 0 Å². The number of aromatic nitrogens is 9. The van der Waals surface area contributed by atoms with Crippen molar-refractivity contribution in [3.8, 4) is 68.1 Å². The van der Waals surface area contributed by atoms with Gasteiger partial charge in [0.05, 0.1) is 88.5 Å². The smallest absolute Gasteiger partial charge is 0.203 e. The normalized spacial score (nSPS) is 11.5. The van der Waals surface area contributed by atoms with E-state index in [2.05, 4.69) is 65.1 Å². The van der Waals surface area contributed by atoms with Crippen molar-refractivity contribution >= 4 is 68.0 Å². The summed E-state index contributed by atoms with van der Waals surface area (Å²) in [4.78, 5) is 14.3. The molecule has 13 aromatic rings. The fraction of sp³-hybridized carbons (Fsp3) is 0.0870. The van der Waals surface area contributed by atoms with Gasteiger partial charge in [-0.15, -0.1) is 34.0 Å². The molecule has 0 aliphatic rings.